The first-order chi connectivity index (χ1) is 7.56. The number of carbonyl (C=O) groups is 1. The molecule has 2 fully saturated rings. The molecular weight excluding hydrogens is 202 g/mol. The van der Waals surface area contributed by atoms with Crippen LogP contribution >= 0.6 is 0 Å². The van der Waals surface area contributed by atoms with E-state index in [1.54, 1.807) is 6.92 Å². The molecule has 1 saturated heterocycles. The largest absolute Gasteiger partial charge is 0.341 e. The molecule has 1 saturated carbocycles. The lowest BCUT2D eigenvalue weighted by Crippen LogP contribution is -2.41. The fraction of sp³-hybridized carbons (Fsp3) is 0.917. The molecule has 1 amide bonds. The summed E-state index contributed by atoms with van der Waals surface area (Å²) in [5.41, 5.74) is 11.7. The van der Waals surface area contributed by atoms with Gasteiger partial charge in [-0.1, -0.05) is 0 Å². The van der Waals surface area contributed by atoms with Crippen LogP contribution in [-0.4, -0.2) is 36.5 Å². The first-order valence-electron chi connectivity index (χ1n) is 6.31. The van der Waals surface area contributed by atoms with E-state index in [1.807, 2.05) is 4.90 Å². The summed E-state index contributed by atoms with van der Waals surface area (Å²) < 4.78 is 0. The van der Waals surface area contributed by atoms with Gasteiger partial charge in [-0.15, -0.1) is 0 Å². The molecule has 0 aromatic rings. The first kappa shape index (κ1) is 11.9. The van der Waals surface area contributed by atoms with Crippen LogP contribution in [0, 0.1) is 11.3 Å². The van der Waals surface area contributed by atoms with E-state index in [4.69, 9.17) is 11.5 Å². The summed E-state index contributed by atoms with van der Waals surface area (Å²) in [5, 5.41) is 0. The van der Waals surface area contributed by atoms with Crippen molar-refractivity contribution < 1.29 is 4.79 Å². The summed E-state index contributed by atoms with van der Waals surface area (Å²) in [7, 11) is 0. The topological polar surface area (TPSA) is 72.4 Å². The van der Waals surface area contributed by atoms with E-state index < -0.39 is 0 Å². The van der Waals surface area contributed by atoms with Crippen LogP contribution in [0.2, 0.25) is 0 Å². The molecule has 4 N–H and O–H groups in total. The molecule has 0 bridgehead atoms. The molecule has 4 heteroatoms. The van der Waals surface area contributed by atoms with Crippen molar-refractivity contribution in [1.82, 2.24) is 4.90 Å². The Kier molecular flexibility index (Phi) is 3.22. The maximum Gasteiger partial charge on any atom is 0.239 e. The lowest BCUT2D eigenvalue weighted by Gasteiger charge is -2.25. The third kappa shape index (κ3) is 2.09. The van der Waals surface area contributed by atoms with E-state index in [0.29, 0.717) is 11.3 Å². The van der Waals surface area contributed by atoms with Crippen LogP contribution in [0.1, 0.15) is 32.6 Å². The van der Waals surface area contributed by atoms with Gasteiger partial charge in [0.05, 0.1) is 6.04 Å². The highest BCUT2D eigenvalue weighted by molar-refractivity contribution is 5.81. The zero-order valence-electron chi connectivity index (χ0n) is 10.1. The fourth-order valence-electron chi connectivity index (χ4n) is 3.31. The molecule has 2 aliphatic rings. The Morgan fingerprint density at radius 2 is 2.31 bits per heavy atom. The number of likely N-dealkylation sites (tertiary alicyclic amines) is 1. The Bertz CT molecular complexity index is 279. The van der Waals surface area contributed by atoms with Crippen molar-refractivity contribution in [2.75, 3.05) is 19.6 Å². The number of nitrogens with zero attached hydrogens (tertiary/aromatic N) is 1. The molecule has 0 aromatic carbocycles. The van der Waals surface area contributed by atoms with Gasteiger partial charge in [0.15, 0.2) is 0 Å². The minimum Gasteiger partial charge on any atom is -0.341 e. The zero-order valence-corrected chi connectivity index (χ0v) is 10.1. The predicted molar refractivity (Wildman–Crippen MR) is 63.7 cm³/mol. The quantitative estimate of drug-likeness (QED) is 0.710. The van der Waals surface area contributed by atoms with Gasteiger partial charge in [-0.25, -0.2) is 0 Å². The molecular formula is C12H23N3O. The van der Waals surface area contributed by atoms with Crippen molar-refractivity contribution in [3.05, 3.63) is 0 Å². The highest BCUT2D eigenvalue weighted by Gasteiger charge is 2.44. The van der Waals surface area contributed by atoms with E-state index >= 15 is 0 Å². The van der Waals surface area contributed by atoms with Gasteiger partial charge in [-0.2, -0.15) is 0 Å². The number of carbonyl (C=O) groups excluding carboxylic acids is 1. The maximum atomic E-state index is 11.8. The van der Waals surface area contributed by atoms with Crippen molar-refractivity contribution in [3.8, 4) is 0 Å². The zero-order chi connectivity index (χ0) is 11.8. The molecule has 92 valence electrons. The molecule has 0 aromatic heterocycles. The van der Waals surface area contributed by atoms with Gasteiger partial charge < -0.3 is 16.4 Å². The molecule has 1 heterocycles. The van der Waals surface area contributed by atoms with Crippen molar-refractivity contribution in [3.63, 3.8) is 0 Å². The van der Waals surface area contributed by atoms with Crippen molar-refractivity contribution in [2.24, 2.45) is 22.8 Å². The average Bonchev–Trinajstić information content (AvgIpc) is 2.85. The van der Waals surface area contributed by atoms with Crippen LogP contribution in [0.3, 0.4) is 0 Å². The summed E-state index contributed by atoms with van der Waals surface area (Å²) in [5.74, 6) is 0.776. The Morgan fingerprint density at radius 3 is 2.88 bits per heavy atom. The molecule has 0 unspecified atom stereocenters. The van der Waals surface area contributed by atoms with Crippen LogP contribution in [-0.2, 0) is 4.79 Å². The number of amides is 1. The summed E-state index contributed by atoms with van der Waals surface area (Å²) in [6.07, 6.45) is 4.81. The van der Waals surface area contributed by atoms with Gasteiger partial charge in [0.2, 0.25) is 5.91 Å². The number of nitrogens with two attached hydrogens (primary N) is 2. The predicted octanol–water partition coefficient (Wildman–Crippen LogP) is 0.311. The van der Waals surface area contributed by atoms with Gasteiger partial charge in [-0.05, 0) is 50.5 Å². The first-order valence-corrected chi connectivity index (χ1v) is 6.31. The van der Waals surface area contributed by atoms with Crippen LogP contribution in [0.4, 0.5) is 0 Å². The van der Waals surface area contributed by atoms with Gasteiger partial charge in [-0.3, -0.25) is 4.79 Å². The summed E-state index contributed by atoms with van der Waals surface area (Å²) in [6, 6.07) is -0.359. The van der Waals surface area contributed by atoms with Gasteiger partial charge in [0.1, 0.15) is 0 Å². The van der Waals surface area contributed by atoms with Crippen molar-refractivity contribution >= 4 is 5.91 Å². The number of rotatable bonds is 2. The molecule has 1 aliphatic carbocycles. The van der Waals surface area contributed by atoms with Gasteiger partial charge in [0, 0.05) is 13.1 Å². The van der Waals surface area contributed by atoms with Crippen molar-refractivity contribution in [2.45, 2.75) is 38.6 Å². The lowest BCUT2D eigenvalue weighted by atomic mass is 9.84. The average molecular weight is 225 g/mol. The molecule has 2 rings (SSSR count). The number of hydrogen-bond donors (Lipinski definition) is 2. The third-order valence-corrected chi connectivity index (χ3v) is 4.28. The fourth-order valence-corrected chi connectivity index (χ4v) is 3.31. The third-order valence-electron chi connectivity index (χ3n) is 4.28. The van der Waals surface area contributed by atoms with Gasteiger partial charge in [0.25, 0.3) is 0 Å². The van der Waals surface area contributed by atoms with E-state index in [-0.39, 0.29) is 11.9 Å². The molecule has 1 aliphatic heterocycles. The standard InChI is InChI=1S/C12H23N3O/c1-9(14)11(16)15-5-4-12(8-15)3-2-10(6-12)7-13/h9-10H,2-8,13-14H2,1H3/t9-,10-,12-/m1/s1. The van der Waals surface area contributed by atoms with E-state index in [9.17, 15) is 4.79 Å². The van der Waals surface area contributed by atoms with Crippen LogP contribution in [0.5, 0.6) is 0 Å². The second-order valence-corrected chi connectivity index (χ2v) is 5.64. The summed E-state index contributed by atoms with van der Waals surface area (Å²) in [4.78, 5) is 13.8. The van der Waals surface area contributed by atoms with E-state index in [2.05, 4.69) is 0 Å². The van der Waals surface area contributed by atoms with Crippen LogP contribution in [0.15, 0.2) is 0 Å². The Hall–Kier alpha value is -0.610. The molecule has 1 spiro atoms. The smallest absolute Gasteiger partial charge is 0.239 e. The summed E-state index contributed by atoms with van der Waals surface area (Å²) >= 11 is 0. The minimum absolute atomic E-state index is 0.105. The van der Waals surface area contributed by atoms with E-state index in [0.717, 1.165) is 26.1 Å². The molecule has 4 nitrogen and oxygen atoms in total. The minimum atomic E-state index is -0.359. The Morgan fingerprint density at radius 1 is 1.56 bits per heavy atom. The molecule has 3 atom stereocenters. The monoisotopic (exact) mass is 225 g/mol. The molecule has 16 heavy (non-hydrogen) atoms. The molecule has 0 radical (unpaired) electrons. The highest BCUT2D eigenvalue weighted by Crippen LogP contribution is 2.47. The maximum absolute atomic E-state index is 11.8. The van der Waals surface area contributed by atoms with Crippen LogP contribution < -0.4 is 11.5 Å². The normalized spacial score (nSPS) is 35.9. The highest BCUT2D eigenvalue weighted by atomic mass is 16.2. The summed E-state index contributed by atoms with van der Waals surface area (Å²) in [6.45, 7) is 4.36. The van der Waals surface area contributed by atoms with Crippen LogP contribution in [0.25, 0.3) is 0 Å². The van der Waals surface area contributed by atoms with Gasteiger partial charge >= 0.3 is 0 Å². The SMILES string of the molecule is C[C@@H](N)C(=O)N1CC[C@@]2(CC[C@@H](CN)C2)C1. The second-order valence-electron chi connectivity index (χ2n) is 5.64. The number of hydrogen-bond acceptors (Lipinski definition) is 3. The van der Waals surface area contributed by atoms with Crippen molar-refractivity contribution in [1.29, 1.82) is 0 Å². The second kappa shape index (κ2) is 4.34. The Labute approximate surface area is 97.3 Å². The lowest BCUT2D eigenvalue weighted by molar-refractivity contribution is -0.131. The van der Waals surface area contributed by atoms with E-state index in [1.165, 1.54) is 19.3 Å². The Balaban J connectivity index is 1.95.